The number of ether oxygens (including phenoxy) is 1. The Morgan fingerprint density at radius 2 is 1.39 bits per heavy atom. The summed E-state index contributed by atoms with van der Waals surface area (Å²) < 4.78 is 5.36. The predicted octanol–water partition coefficient (Wildman–Crippen LogP) is 7.23. The van der Waals surface area contributed by atoms with E-state index in [9.17, 15) is 14.4 Å². The van der Waals surface area contributed by atoms with E-state index >= 15 is 0 Å². The van der Waals surface area contributed by atoms with E-state index < -0.39 is 17.8 Å². The van der Waals surface area contributed by atoms with Crippen LogP contribution in [0.4, 0.5) is 5.69 Å². The van der Waals surface area contributed by atoms with E-state index in [1.165, 1.54) is 12.1 Å². The van der Waals surface area contributed by atoms with Crippen LogP contribution in [0.25, 0.3) is 0 Å². The summed E-state index contributed by atoms with van der Waals surface area (Å²) in [7, 11) is 0. The number of nitrogens with zero attached hydrogens (tertiary/aromatic N) is 1. The summed E-state index contributed by atoms with van der Waals surface area (Å²) in [5.74, 6) is -2.12. The molecule has 1 heterocycles. The molecule has 0 fully saturated rings. The number of imide groups is 1. The zero-order valence-corrected chi connectivity index (χ0v) is 19.7. The van der Waals surface area contributed by atoms with Crippen LogP contribution in [0, 0.1) is 0 Å². The van der Waals surface area contributed by atoms with Gasteiger partial charge in [0.15, 0.2) is 0 Å². The number of fused-ring (bicyclic) bond motifs is 1. The van der Waals surface area contributed by atoms with Crippen molar-refractivity contribution in [2.24, 2.45) is 0 Å². The fourth-order valence-corrected chi connectivity index (χ4v) is 4.37. The van der Waals surface area contributed by atoms with Gasteiger partial charge in [0, 0.05) is 0 Å². The van der Waals surface area contributed by atoms with Gasteiger partial charge in [0.2, 0.25) is 0 Å². The van der Waals surface area contributed by atoms with Gasteiger partial charge in [-0.15, -0.1) is 0 Å². The van der Waals surface area contributed by atoms with Gasteiger partial charge in [0.1, 0.15) is 0 Å². The summed E-state index contributed by atoms with van der Waals surface area (Å²) in [5, 5.41) is -0.574. The van der Waals surface area contributed by atoms with Crippen LogP contribution in [0.1, 0.15) is 70.1 Å². The summed E-state index contributed by atoms with van der Waals surface area (Å²) in [5.41, 5.74) is -0.144. The molecule has 164 valence electrons. The molecule has 0 aromatic heterocycles. The van der Waals surface area contributed by atoms with Crippen LogP contribution < -0.4 is 4.90 Å². The summed E-state index contributed by atoms with van der Waals surface area (Å²) in [6.45, 7) is 2.38. The van der Waals surface area contributed by atoms with Crippen molar-refractivity contribution in [1.29, 1.82) is 0 Å². The molecule has 1 aliphatic heterocycles. The molecule has 0 radical (unpaired) electrons. The van der Waals surface area contributed by atoms with Gasteiger partial charge < -0.3 is 4.74 Å². The molecule has 9 heteroatoms. The van der Waals surface area contributed by atoms with Crippen LogP contribution in [0.2, 0.25) is 20.1 Å². The summed E-state index contributed by atoms with van der Waals surface area (Å²) >= 11 is 24.5. The third-order valence-corrected chi connectivity index (χ3v) is 6.75. The Hall–Kier alpha value is -1.79. The maximum Gasteiger partial charge on any atom is 0.340 e. The van der Waals surface area contributed by atoms with Crippen LogP contribution in [0.3, 0.4) is 0 Å². The molecule has 0 N–H and O–H groups in total. The SMILES string of the molecule is CCCCCCCOC(=O)c1ccccc1N1C(=O)c2c(Cl)c(Cl)c(Cl)c(Cl)c2C1=O. The third-order valence-electron chi connectivity index (χ3n) is 4.95. The lowest BCUT2D eigenvalue weighted by Gasteiger charge is -2.17. The Kier molecular flexibility index (Phi) is 7.87. The first-order valence-electron chi connectivity index (χ1n) is 9.82. The molecule has 0 saturated carbocycles. The van der Waals surface area contributed by atoms with E-state index in [1.54, 1.807) is 12.1 Å². The highest BCUT2D eigenvalue weighted by molar-refractivity contribution is 6.56. The van der Waals surface area contributed by atoms with Crippen molar-refractivity contribution in [3.8, 4) is 0 Å². The second-order valence-corrected chi connectivity index (χ2v) is 8.53. The first kappa shape index (κ1) is 23.9. The van der Waals surface area contributed by atoms with Crippen molar-refractivity contribution >= 4 is 69.9 Å². The molecule has 5 nitrogen and oxygen atoms in total. The average molecular weight is 503 g/mol. The van der Waals surface area contributed by atoms with Gasteiger partial charge in [-0.3, -0.25) is 9.59 Å². The number of carbonyl (C=O) groups excluding carboxylic acids is 3. The van der Waals surface area contributed by atoms with Gasteiger partial charge in [-0.1, -0.05) is 91.1 Å². The molecule has 2 amide bonds. The minimum absolute atomic E-state index is 0.0732. The largest absolute Gasteiger partial charge is 0.462 e. The van der Waals surface area contributed by atoms with E-state index in [2.05, 4.69) is 6.92 Å². The Morgan fingerprint density at radius 1 is 0.839 bits per heavy atom. The topological polar surface area (TPSA) is 63.7 Å². The van der Waals surface area contributed by atoms with E-state index in [4.69, 9.17) is 51.1 Å². The number of rotatable bonds is 8. The number of hydrogen-bond donors (Lipinski definition) is 0. The maximum atomic E-state index is 13.1. The molecule has 0 atom stereocenters. The zero-order chi connectivity index (χ0) is 22.7. The van der Waals surface area contributed by atoms with Gasteiger partial charge in [0.25, 0.3) is 11.8 Å². The monoisotopic (exact) mass is 501 g/mol. The second kappa shape index (κ2) is 10.2. The van der Waals surface area contributed by atoms with Crippen molar-refractivity contribution in [2.75, 3.05) is 11.5 Å². The zero-order valence-electron chi connectivity index (χ0n) is 16.6. The second-order valence-electron chi connectivity index (χ2n) is 7.02. The van der Waals surface area contributed by atoms with Crippen LogP contribution in [0.5, 0.6) is 0 Å². The van der Waals surface area contributed by atoms with Crippen molar-refractivity contribution in [1.82, 2.24) is 0 Å². The number of halogens is 4. The Morgan fingerprint density at radius 3 is 1.97 bits per heavy atom. The fraction of sp³-hybridized carbons (Fsp3) is 0.318. The lowest BCUT2D eigenvalue weighted by atomic mass is 10.1. The Balaban J connectivity index is 1.88. The molecular formula is C22H19Cl4NO4. The quantitative estimate of drug-likeness (QED) is 0.125. The number of carbonyl (C=O) groups is 3. The predicted molar refractivity (Wildman–Crippen MR) is 123 cm³/mol. The van der Waals surface area contributed by atoms with Crippen molar-refractivity contribution in [3.63, 3.8) is 0 Å². The number of esters is 1. The molecule has 0 unspecified atom stereocenters. The Bertz CT molecular complexity index is 1010. The molecule has 0 spiro atoms. The van der Waals surface area contributed by atoms with E-state index in [0.29, 0.717) is 0 Å². The molecule has 0 bridgehead atoms. The highest BCUT2D eigenvalue weighted by Gasteiger charge is 2.43. The molecule has 31 heavy (non-hydrogen) atoms. The lowest BCUT2D eigenvalue weighted by Crippen LogP contribution is -2.31. The number of unbranched alkanes of at least 4 members (excludes halogenated alkanes) is 4. The van der Waals surface area contributed by atoms with Crippen LogP contribution in [-0.4, -0.2) is 24.4 Å². The van der Waals surface area contributed by atoms with Crippen LogP contribution in [-0.2, 0) is 4.74 Å². The molecule has 1 aliphatic rings. The van der Waals surface area contributed by atoms with Crippen molar-refractivity contribution in [2.45, 2.75) is 39.0 Å². The number of anilines is 1. The van der Waals surface area contributed by atoms with Gasteiger partial charge >= 0.3 is 5.97 Å². The van der Waals surface area contributed by atoms with E-state index in [0.717, 1.165) is 37.0 Å². The third kappa shape index (κ3) is 4.56. The van der Waals surface area contributed by atoms with Crippen molar-refractivity contribution < 1.29 is 19.1 Å². The number of benzene rings is 2. The number of hydrogen-bond acceptors (Lipinski definition) is 4. The average Bonchev–Trinajstić information content (AvgIpc) is 3.03. The summed E-state index contributed by atoms with van der Waals surface area (Å²) in [6, 6.07) is 6.18. The highest BCUT2D eigenvalue weighted by atomic mass is 35.5. The van der Waals surface area contributed by atoms with Gasteiger partial charge in [-0.25, -0.2) is 9.69 Å². The highest BCUT2D eigenvalue weighted by Crippen LogP contribution is 2.46. The molecule has 2 aromatic carbocycles. The first-order valence-corrected chi connectivity index (χ1v) is 11.3. The van der Waals surface area contributed by atoms with E-state index in [1.807, 2.05) is 0 Å². The van der Waals surface area contributed by atoms with E-state index in [-0.39, 0.29) is 49.1 Å². The normalized spacial score (nSPS) is 13.0. The standard InChI is InChI=1S/C22H19Cl4NO4/c1-2-3-4-5-8-11-31-22(30)12-9-6-7-10-13(12)27-20(28)14-15(21(27)29)17(24)19(26)18(25)16(14)23/h6-7,9-10H,2-5,8,11H2,1H3. The summed E-state index contributed by atoms with van der Waals surface area (Å²) in [6.07, 6.45) is 5.03. The Labute approximate surface area is 200 Å². The smallest absolute Gasteiger partial charge is 0.340 e. The molecular weight excluding hydrogens is 484 g/mol. The number of amides is 2. The van der Waals surface area contributed by atoms with Crippen LogP contribution in [0.15, 0.2) is 24.3 Å². The molecule has 0 saturated heterocycles. The summed E-state index contributed by atoms with van der Waals surface area (Å²) in [4.78, 5) is 39.7. The molecule has 3 rings (SSSR count). The molecule has 2 aromatic rings. The van der Waals surface area contributed by atoms with Crippen molar-refractivity contribution in [3.05, 3.63) is 61.0 Å². The fourth-order valence-electron chi connectivity index (χ4n) is 3.36. The van der Waals surface area contributed by atoms with Gasteiger partial charge in [-0.2, -0.15) is 0 Å². The van der Waals surface area contributed by atoms with Gasteiger partial charge in [0.05, 0.1) is 49.1 Å². The van der Waals surface area contributed by atoms with Crippen LogP contribution >= 0.6 is 46.4 Å². The minimum atomic E-state index is -0.745. The lowest BCUT2D eigenvalue weighted by molar-refractivity contribution is 0.0498. The van der Waals surface area contributed by atoms with Gasteiger partial charge in [-0.05, 0) is 18.6 Å². The number of para-hydroxylation sites is 1. The first-order chi connectivity index (χ1) is 14.8. The maximum absolute atomic E-state index is 13.1. The minimum Gasteiger partial charge on any atom is -0.462 e. The molecule has 0 aliphatic carbocycles.